The van der Waals surface area contributed by atoms with Crippen LogP contribution in [-0.4, -0.2) is 10.7 Å². The molecule has 0 bridgehead atoms. The van der Waals surface area contributed by atoms with Gasteiger partial charge in [-0.2, -0.15) is 0 Å². The van der Waals surface area contributed by atoms with E-state index in [1.165, 1.54) is 16.7 Å². The summed E-state index contributed by atoms with van der Waals surface area (Å²) in [4.78, 5) is 0. The largest absolute Gasteiger partial charge is 0.386 e. The maximum Gasteiger partial charge on any atom is 0.0856 e. The first-order valence-corrected chi connectivity index (χ1v) is 8.23. The summed E-state index contributed by atoms with van der Waals surface area (Å²) in [5, 5.41) is 10.9. The van der Waals surface area contributed by atoms with Crippen LogP contribution in [0.25, 0.3) is 0 Å². The summed E-state index contributed by atoms with van der Waals surface area (Å²) >= 11 is 0. The molecule has 1 atom stereocenters. The average Bonchev–Trinajstić information content (AvgIpc) is 2.42. The normalized spacial score (nSPS) is 30.9. The fourth-order valence-electron chi connectivity index (χ4n) is 2.50. The van der Waals surface area contributed by atoms with Crippen LogP contribution in [0.4, 0.5) is 0 Å². The first-order chi connectivity index (χ1) is 9.83. The molecule has 0 amide bonds. The highest BCUT2D eigenvalue weighted by Crippen LogP contribution is 2.27. The zero-order chi connectivity index (χ0) is 15.9. The molecule has 0 aromatic carbocycles. The minimum Gasteiger partial charge on any atom is -0.386 e. The third kappa shape index (κ3) is 6.48. The molecule has 0 aromatic rings. The third-order valence-electron chi connectivity index (χ3n) is 4.49. The molecule has 21 heavy (non-hydrogen) atoms. The van der Waals surface area contributed by atoms with Crippen molar-refractivity contribution in [1.29, 1.82) is 0 Å². The van der Waals surface area contributed by atoms with Gasteiger partial charge in [-0.3, -0.25) is 0 Å². The molecule has 0 spiro atoms. The fourth-order valence-corrected chi connectivity index (χ4v) is 2.50. The molecule has 1 rings (SSSR count). The van der Waals surface area contributed by atoms with Crippen molar-refractivity contribution >= 4 is 0 Å². The third-order valence-corrected chi connectivity index (χ3v) is 4.49. The lowest BCUT2D eigenvalue weighted by Crippen LogP contribution is -2.32. The first kappa shape index (κ1) is 18.0. The predicted octanol–water partition coefficient (Wildman–Crippen LogP) is 5.73. The van der Waals surface area contributed by atoms with Gasteiger partial charge < -0.3 is 5.11 Å². The summed E-state index contributed by atoms with van der Waals surface area (Å²) < 4.78 is 0. The molecular formula is C20H32O. The van der Waals surface area contributed by atoms with Crippen molar-refractivity contribution in [2.24, 2.45) is 5.92 Å². The van der Waals surface area contributed by atoms with Gasteiger partial charge in [0.05, 0.1) is 5.60 Å². The molecule has 0 saturated carbocycles. The van der Waals surface area contributed by atoms with E-state index in [0.717, 1.165) is 32.1 Å². The highest BCUT2D eigenvalue weighted by atomic mass is 16.3. The summed E-state index contributed by atoms with van der Waals surface area (Å²) in [5.74, 6) is 0.226. The van der Waals surface area contributed by atoms with Crippen LogP contribution in [0, 0.1) is 5.92 Å². The van der Waals surface area contributed by atoms with Gasteiger partial charge in [0.2, 0.25) is 0 Å². The minimum absolute atomic E-state index is 0.226. The molecule has 1 nitrogen and oxygen atoms in total. The van der Waals surface area contributed by atoms with Crippen LogP contribution in [0.5, 0.6) is 0 Å². The second-order valence-electron chi connectivity index (χ2n) is 6.80. The van der Waals surface area contributed by atoms with Gasteiger partial charge in [0.25, 0.3) is 0 Å². The van der Waals surface area contributed by atoms with Crippen LogP contribution < -0.4 is 0 Å². The Balaban J connectivity index is 2.99. The predicted molar refractivity (Wildman–Crippen MR) is 93.3 cm³/mol. The van der Waals surface area contributed by atoms with E-state index in [1.807, 2.05) is 6.08 Å². The monoisotopic (exact) mass is 288 g/mol. The second kappa shape index (κ2) is 8.38. The number of hydrogen-bond acceptors (Lipinski definition) is 1. The molecule has 1 heteroatoms. The lowest BCUT2D eigenvalue weighted by molar-refractivity contribution is 0.0350. The summed E-state index contributed by atoms with van der Waals surface area (Å²) in [6, 6.07) is 0. The number of allylic oxidation sites excluding steroid dienone is 7. The number of rotatable bonds is 1. The molecule has 1 N–H and O–H groups in total. The summed E-state index contributed by atoms with van der Waals surface area (Å²) in [6.07, 6.45) is 15.9. The van der Waals surface area contributed by atoms with Crippen molar-refractivity contribution < 1.29 is 5.11 Å². The Labute approximate surface area is 131 Å². The van der Waals surface area contributed by atoms with Gasteiger partial charge >= 0.3 is 0 Å². The Morgan fingerprint density at radius 1 is 1.00 bits per heavy atom. The first-order valence-electron chi connectivity index (χ1n) is 8.23. The van der Waals surface area contributed by atoms with Gasteiger partial charge in [0.1, 0.15) is 0 Å². The molecule has 1 aliphatic rings. The van der Waals surface area contributed by atoms with E-state index in [4.69, 9.17) is 0 Å². The van der Waals surface area contributed by atoms with E-state index < -0.39 is 5.60 Å². The smallest absolute Gasteiger partial charge is 0.0856 e. The Hall–Kier alpha value is -1.08. The molecule has 0 radical (unpaired) electrons. The minimum atomic E-state index is -0.708. The second-order valence-corrected chi connectivity index (χ2v) is 6.80. The fraction of sp³-hybridized carbons (Fsp3) is 0.600. The van der Waals surface area contributed by atoms with Crippen LogP contribution in [-0.2, 0) is 0 Å². The van der Waals surface area contributed by atoms with Crippen LogP contribution in [0.1, 0.15) is 66.7 Å². The molecule has 0 saturated heterocycles. The lowest BCUT2D eigenvalue weighted by atomic mass is 9.84. The molecular weight excluding hydrogens is 256 g/mol. The van der Waals surface area contributed by atoms with Crippen LogP contribution in [0.3, 0.4) is 0 Å². The van der Waals surface area contributed by atoms with E-state index in [1.54, 1.807) is 0 Å². The van der Waals surface area contributed by atoms with Gasteiger partial charge in [0.15, 0.2) is 0 Å². The van der Waals surface area contributed by atoms with Gasteiger partial charge in [0, 0.05) is 0 Å². The molecule has 0 aromatic heterocycles. The molecule has 0 fully saturated rings. The standard InChI is InChI=1S/C20H32O/c1-16(2)20(21)14-12-18(4)10-6-8-17(3)9-7-11-19(5)13-15-20/h8,10-12,14,16,21H,6-7,9,13,15H2,1-5H3/b14-12?,17-8+,18-10?,19-11+/t20-/m0/s1. The number of aliphatic hydroxyl groups is 1. The Bertz CT molecular complexity index is 448. The topological polar surface area (TPSA) is 20.2 Å². The molecule has 0 heterocycles. The zero-order valence-corrected chi connectivity index (χ0v) is 14.4. The van der Waals surface area contributed by atoms with E-state index in [2.05, 4.69) is 58.9 Å². The van der Waals surface area contributed by atoms with Crippen molar-refractivity contribution in [3.05, 3.63) is 47.1 Å². The quantitative estimate of drug-likeness (QED) is 0.611. The molecule has 1 aliphatic carbocycles. The summed E-state index contributed by atoms with van der Waals surface area (Å²) in [7, 11) is 0. The highest BCUT2D eigenvalue weighted by molar-refractivity contribution is 5.22. The Morgan fingerprint density at radius 3 is 2.33 bits per heavy atom. The van der Waals surface area contributed by atoms with E-state index >= 15 is 0 Å². The SMILES string of the molecule is CC1=CC/C=C(\C)CC/C=C(\C)CC[C@](O)(C(C)C)C=C1. The van der Waals surface area contributed by atoms with Gasteiger partial charge in [-0.05, 0) is 58.8 Å². The van der Waals surface area contributed by atoms with Crippen LogP contribution >= 0.6 is 0 Å². The van der Waals surface area contributed by atoms with E-state index in [-0.39, 0.29) is 5.92 Å². The Kier molecular flexibility index (Phi) is 7.17. The van der Waals surface area contributed by atoms with Crippen molar-refractivity contribution in [3.8, 4) is 0 Å². The van der Waals surface area contributed by atoms with Crippen molar-refractivity contribution in [2.75, 3.05) is 0 Å². The Morgan fingerprint density at radius 2 is 1.67 bits per heavy atom. The highest BCUT2D eigenvalue weighted by Gasteiger charge is 2.27. The maximum atomic E-state index is 10.9. The maximum absolute atomic E-state index is 10.9. The lowest BCUT2D eigenvalue weighted by Gasteiger charge is -2.29. The summed E-state index contributed by atoms with van der Waals surface area (Å²) in [6.45, 7) is 10.7. The van der Waals surface area contributed by atoms with Crippen LogP contribution in [0.15, 0.2) is 47.1 Å². The van der Waals surface area contributed by atoms with E-state index in [9.17, 15) is 5.11 Å². The zero-order valence-electron chi connectivity index (χ0n) is 14.4. The van der Waals surface area contributed by atoms with Crippen molar-refractivity contribution in [2.45, 2.75) is 72.3 Å². The van der Waals surface area contributed by atoms with Crippen molar-refractivity contribution in [3.63, 3.8) is 0 Å². The van der Waals surface area contributed by atoms with E-state index in [0.29, 0.717) is 0 Å². The van der Waals surface area contributed by atoms with Gasteiger partial charge in [-0.15, -0.1) is 0 Å². The number of hydrogen-bond donors (Lipinski definition) is 1. The molecule has 0 unspecified atom stereocenters. The summed E-state index contributed by atoms with van der Waals surface area (Å²) in [5.41, 5.74) is 3.37. The molecule has 0 aliphatic heterocycles. The molecule has 118 valence electrons. The van der Waals surface area contributed by atoms with Gasteiger partial charge in [-0.25, -0.2) is 0 Å². The average molecular weight is 288 g/mol. The van der Waals surface area contributed by atoms with Gasteiger partial charge in [-0.1, -0.05) is 60.9 Å². The van der Waals surface area contributed by atoms with Crippen LogP contribution in [0.2, 0.25) is 0 Å². The van der Waals surface area contributed by atoms with Crippen molar-refractivity contribution in [1.82, 2.24) is 0 Å².